The van der Waals surface area contributed by atoms with Gasteiger partial charge in [-0.1, -0.05) is 42.5 Å². The van der Waals surface area contributed by atoms with Gasteiger partial charge in [0.05, 0.1) is 27.9 Å². The van der Waals surface area contributed by atoms with Gasteiger partial charge in [0.2, 0.25) is 5.91 Å². The topological polar surface area (TPSA) is 53.8 Å². The molecule has 3 aromatic rings. The third kappa shape index (κ3) is 4.97. The minimum absolute atomic E-state index is 0.0956. The molecule has 3 aromatic carbocycles. The molecule has 0 saturated heterocycles. The summed E-state index contributed by atoms with van der Waals surface area (Å²) in [6.07, 6.45) is 0.476. The lowest BCUT2D eigenvalue weighted by molar-refractivity contribution is -0.113. The summed E-state index contributed by atoms with van der Waals surface area (Å²) in [5.41, 5.74) is 3.92. The van der Waals surface area contributed by atoms with Crippen LogP contribution in [-0.2, 0) is 4.79 Å². The Bertz CT molecular complexity index is 1080. The zero-order valence-electron chi connectivity index (χ0n) is 15.5. The molecule has 0 aromatic heterocycles. The number of hydrogen-bond donors (Lipinski definition) is 1. The van der Waals surface area contributed by atoms with Crippen LogP contribution >= 0.6 is 11.8 Å². The third-order valence-corrected chi connectivity index (χ3v) is 5.28. The monoisotopic (exact) mass is 403 g/mol. The fraction of sp³-hybridized carbons (Fsp3) is 0.0870. The van der Waals surface area contributed by atoms with Crippen molar-refractivity contribution in [1.82, 2.24) is 0 Å². The summed E-state index contributed by atoms with van der Waals surface area (Å²) in [7, 11) is 0. The highest BCUT2D eigenvalue weighted by molar-refractivity contribution is 8.14. The van der Waals surface area contributed by atoms with E-state index in [2.05, 4.69) is 5.32 Å². The number of halogens is 1. The van der Waals surface area contributed by atoms with Crippen molar-refractivity contribution < 1.29 is 9.18 Å². The van der Waals surface area contributed by atoms with Gasteiger partial charge in [0, 0.05) is 12.1 Å². The van der Waals surface area contributed by atoms with E-state index in [0.717, 1.165) is 33.4 Å². The number of anilines is 1. The van der Waals surface area contributed by atoms with E-state index in [-0.39, 0.29) is 17.5 Å². The Morgan fingerprint density at radius 2 is 1.55 bits per heavy atom. The molecule has 1 heterocycles. The summed E-state index contributed by atoms with van der Waals surface area (Å²) in [5, 5.41) is 3.67. The van der Waals surface area contributed by atoms with Crippen molar-refractivity contribution in [2.75, 3.05) is 11.1 Å². The lowest BCUT2D eigenvalue weighted by Crippen LogP contribution is -2.16. The molecule has 0 unspecified atom stereocenters. The van der Waals surface area contributed by atoms with Crippen molar-refractivity contribution in [2.45, 2.75) is 6.42 Å². The number of amides is 1. The molecule has 0 bridgehead atoms. The molecule has 0 saturated carbocycles. The molecule has 0 aliphatic carbocycles. The molecule has 1 aliphatic heterocycles. The van der Waals surface area contributed by atoms with Gasteiger partial charge < -0.3 is 5.32 Å². The van der Waals surface area contributed by atoms with Gasteiger partial charge in [-0.2, -0.15) is 0 Å². The number of nitrogens with one attached hydrogen (secondary N) is 1. The first-order valence-corrected chi connectivity index (χ1v) is 10.1. The number of nitrogens with zero attached hydrogens (tertiary/aromatic N) is 2. The maximum atomic E-state index is 13.3. The number of benzene rings is 3. The van der Waals surface area contributed by atoms with Gasteiger partial charge in [-0.3, -0.25) is 9.79 Å². The SMILES string of the molecule is O=C(CSC1=Nc2ccccc2N=C(c2ccc(F)cc2)C1)Nc1ccccc1. The Balaban J connectivity index is 1.53. The molecule has 1 N–H and O–H groups in total. The molecule has 6 heteroatoms. The van der Waals surface area contributed by atoms with Gasteiger partial charge in [0.15, 0.2) is 0 Å². The van der Waals surface area contributed by atoms with Crippen LogP contribution < -0.4 is 5.32 Å². The van der Waals surface area contributed by atoms with Crippen molar-refractivity contribution in [2.24, 2.45) is 9.98 Å². The molecule has 0 spiro atoms. The Morgan fingerprint density at radius 3 is 2.28 bits per heavy atom. The first-order valence-electron chi connectivity index (χ1n) is 9.15. The summed E-state index contributed by atoms with van der Waals surface area (Å²) >= 11 is 1.39. The molecular formula is C23H18FN3OS. The highest BCUT2D eigenvalue weighted by Crippen LogP contribution is 2.33. The van der Waals surface area contributed by atoms with Crippen LogP contribution in [0, 0.1) is 5.82 Å². The van der Waals surface area contributed by atoms with E-state index in [4.69, 9.17) is 9.98 Å². The molecule has 1 aliphatic rings. The first-order chi connectivity index (χ1) is 14.2. The summed E-state index contributed by atoms with van der Waals surface area (Å²) in [6.45, 7) is 0. The molecule has 0 radical (unpaired) electrons. The van der Waals surface area contributed by atoms with E-state index in [0.29, 0.717) is 6.42 Å². The second-order valence-electron chi connectivity index (χ2n) is 6.44. The molecule has 29 heavy (non-hydrogen) atoms. The fourth-order valence-electron chi connectivity index (χ4n) is 2.91. The minimum atomic E-state index is -0.288. The van der Waals surface area contributed by atoms with Crippen LogP contribution in [0.3, 0.4) is 0 Å². The highest BCUT2D eigenvalue weighted by atomic mass is 32.2. The second-order valence-corrected chi connectivity index (χ2v) is 7.49. The van der Waals surface area contributed by atoms with Crippen LogP contribution in [0.4, 0.5) is 21.5 Å². The summed E-state index contributed by atoms with van der Waals surface area (Å²) in [5.74, 6) is -0.141. The van der Waals surface area contributed by atoms with Crippen LogP contribution in [0.25, 0.3) is 0 Å². The predicted molar refractivity (Wildman–Crippen MR) is 118 cm³/mol. The van der Waals surface area contributed by atoms with Gasteiger partial charge in [0.1, 0.15) is 5.82 Å². The molecule has 4 nitrogen and oxygen atoms in total. The molecule has 144 valence electrons. The van der Waals surface area contributed by atoms with Gasteiger partial charge in [-0.15, -0.1) is 11.8 Å². The van der Waals surface area contributed by atoms with E-state index in [1.165, 1.54) is 23.9 Å². The number of carbonyl (C=O) groups excluding carboxylic acids is 1. The number of rotatable bonds is 4. The molecule has 0 atom stereocenters. The van der Waals surface area contributed by atoms with Crippen molar-refractivity contribution in [1.29, 1.82) is 0 Å². The van der Waals surface area contributed by atoms with Crippen molar-refractivity contribution in [3.63, 3.8) is 0 Å². The number of hydrogen-bond acceptors (Lipinski definition) is 4. The van der Waals surface area contributed by atoms with E-state index < -0.39 is 0 Å². The smallest absolute Gasteiger partial charge is 0.234 e. The molecule has 0 fully saturated rings. The van der Waals surface area contributed by atoms with Gasteiger partial charge in [0.25, 0.3) is 0 Å². The summed E-state index contributed by atoms with van der Waals surface area (Å²) < 4.78 is 13.3. The van der Waals surface area contributed by atoms with Crippen LogP contribution in [0.2, 0.25) is 0 Å². The van der Waals surface area contributed by atoms with E-state index in [9.17, 15) is 9.18 Å². The Morgan fingerprint density at radius 1 is 0.897 bits per heavy atom. The molecule has 4 rings (SSSR count). The van der Waals surface area contributed by atoms with Crippen molar-refractivity contribution >= 4 is 45.5 Å². The minimum Gasteiger partial charge on any atom is -0.325 e. The Kier molecular flexibility index (Phi) is 5.81. The largest absolute Gasteiger partial charge is 0.325 e. The average Bonchev–Trinajstić information content (AvgIpc) is 2.93. The summed E-state index contributed by atoms with van der Waals surface area (Å²) in [4.78, 5) is 21.8. The lowest BCUT2D eigenvalue weighted by Gasteiger charge is -2.08. The molecule has 1 amide bonds. The predicted octanol–water partition coefficient (Wildman–Crippen LogP) is 5.75. The lowest BCUT2D eigenvalue weighted by atomic mass is 10.1. The van der Waals surface area contributed by atoms with Gasteiger partial charge in [-0.05, 0) is 42.0 Å². The van der Waals surface area contributed by atoms with Crippen LogP contribution in [-0.4, -0.2) is 22.4 Å². The van der Waals surface area contributed by atoms with Crippen molar-refractivity contribution in [3.8, 4) is 0 Å². The maximum Gasteiger partial charge on any atom is 0.234 e. The number of para-hydroxylation sites is 3. The van der Waals surface area contributed by atoms with Gasteiger partial charge >= 0.3 is 0 Å². The first kappa shape index (κ1) is 19.1. The van der Waals surface area contributed by atoms with Crippen LogP contribution in [0.5, 0.6) is 0 Å². The maximum absolute atomic E-state index is 13.3. The Hall–Kier alpha value is -3.25. The van der Waals surface area contributed by atoms with Crippen LogP contribution in [0.1, 0.15) is 12.0 Å². The van der Waals surface area contributed by atoms with Gasteiger partial charge in [-0.25, -0.2) is 9.38 Å². The average molecular weight is 403 g/mol. The van der Waals surface area contributed by atoms with Crippen molar-refractivity contribution in [3.05, 3.63) is 90.2 Å². The summed E-state index contributed by atoms with van der Waals surface area (Å²) in [6, 6.07) is 23.2. The van der Waals surface area contributed by atoms with Crippen LogP contribution in [0.15, 0.2) is 88.8 Å². The zero-order valence-corrected chi connectivity index (χ0v) is 16.3. The van der Waals surface area contributed by atoms with E-state index >= 15 is 0 Å². The number of aliphatic imine (C=N–C) groups is 2. The second kappa shape index (κ2) is 8.84. The fourth-order valence-corrected chi connectivity index (χ4v) is 3.69. The molecular weight excluding hydrogens is 385 g/mol. The standard InChI is InChI=1S/C23H18FN3OS/c24-17-12-10-16(11-13-17)21-14-23(27-20-9-5-4-8-19(20)26-21)29-15-22(28)25-18-6-2-1-3-7-18/h1-13H,14-15H2,(H,25,28). The normalized spacial score (nSPS) is 13.0. The highest BCUT2D eigenvalue weighted by Gasteiger charge is 2.16. The zero-order chi connectivity index (χ0) is 20.1. The third-order valence-electron chi connectivity index (χ3n) is 4.31. The quantitative estimate of drug-likeness (QED) is 0.603. The number of thioether (sulfide) groups is 1. The Labute approximate surface area is 172 Å². The number of fused-ring (bicyclic) bond motifs is 1. The van der Waals surface area contributed by atoms with E-state index in [1.54, 1.807) is 12.1 Å². The number of carbonyl (C=O) groups is 1. The van der Waals surface area contributed by atoms with E-state index in [1.807, 2.05) is 54.6 Å².